The molecule has 0 unspecified atom stereocenters. The lowest BCUT2D eigenvalue weighted by Crippen LogP contribution is -2.40. The Morgan fingerprint density at radius 1 is 1.25 bits per heavy atom. The number of carbonyl (C=O) groups is 1. The van der Waals surface area contributed by atoms with Crippen LogP contribution in [0.1, 0.15) is 67.9 Å². The predicted octanol–water partition coefficient (Wildman–Crippen LogP) is 2.41. The Morgan fingerprint density at radius 3 is 3.00 bits per heavy atom. The molecule has 0 aromatic carbocycles. The number of aromatic nitrogens is 2. The number of hydrogen-bond acceptors (Lipinski definition) is 4. The molecule has 24 heavy (non-hydrogen) atoms. The fourth-order valence-electron chi connectivity index (χ4n) is 4.45. The summed E-state index contributed by atoms with van der Waals surface area (Å²) in [5.74, 6) is 2.25. The third-order valence-electron chi connectivity index (χ3n) is 5.90. The molecule has 0 bridgehead atoms. The molecule has 1 saturated heterocycles. The van der Waals surface area contributed by atoms with E-state index in [1.54, 1.807) is 0 Å². The Hall–Kier alpha value is -1.49. The van der Waals surface area contributed by atoms with Gasteiger partial charge in [-0.1, -0.05) is 12.8 Å². The van der Waals surface area contributed by atoms with E-state index < -0.39 is 0 Å². The molecule has 3 aliphatic rings. The third-order valence-corrected chi connectivity index (χ3v) is 5.90. The van der Waals surface area contributed by atoms with E-state index >= 15 is 0 Å². The molecule has 1 N–H and O–H groups in total. The van der Waals surface area contributed by atoms with Crippen molar-refractivity contribution in [2.45, 2.75) is 63.8 Å². The predicted molar refractivity (Wildman–Crippen MR) is 92.6 cm³/mol. The second-order valence-corrected chi connectivity index (χ2v) is 7.66. The van der Waals surface area contributed by atoms with E-state index in [1.807, 2.05) is 6.20 Å². The van der Waals surface area contributed by atoms with Crippen LogP contribution in [0.15, 0.2) is 6.20 Å². The molecule has 5 heteroatoms. The number of nitrogens with one attached hydrogen (secondary N) is 1. The molecule has 130 valence electrons. The summed E-state index contributed by atoms with van der Waals surface area (Å²) in [5, 5.41) is 3.36. The first-order valence-electron chi connectivity index (χ1n) is 9.63. The topological polar surface area (TPSA) is 58.1 Å². The molecule has 1 atom stereocenters. The number of likely N-dealkylation sites (tertiary alicyclic amines) is 1. The van der Waals surface area contributed by atoms with Gasteiger partial charge in [-0.05, 0) is 31.6 Å². The highest BCUT2D eigenvalue weighted by Crippen LogP contribution is 2.30. The van der Waals surface area contributed by atoms with Crippen molar-refractivity contribution >= 4 is 5.91 Å². The first-order chi connectivity index (χ1) is 11.8. The van der Waals surface area contributed by atoms with Crippen molar-refractivity contribution in [1.82, 2.24) is 20.2 Å². The van der Waals surface area contributed by atoms with Crippen LogP contribution in [0.5, 0.6) is 0 Å². The second kappa shape index (κ2) is 7.18. The lowest BCUT2D eigenvalue weighted by atomic mass is 9.95. The van der Waals surface area contributed by atoms with E-state index in [4.69, 9.17) is 4.98 Å². The van der Waals surface area contributed by atoms with E-state index in [0.717, 1.165) is 57.7 Å². The summed E-state index contributed by atoms with van der Waals surface area (Å²) >= 11 is 0. The third kappa shape index (κ3) is 3.46. The molecule has 2 fully saturated rings. The Labute approximate surface area is 144 Å². The van der Waals surface area contributed by atoms with Gasteiger partial charge >= 0.3 is 0 Å². The highest BCUT2D eigenvalue weighted by Gasteiger charge is 2.29. The first kappa shape index (κ1) is 16.0. The average molecular weight is 328 g/mol. The molecule has 5 nitrogen and oxygen atoms in total. The van der Waals surface area contributed by atoms with Crippen LogP contribution in [0.3, 0.4) is 0 Å². The highest BCUT2D eigenvalue weighted by atomic mass is 16.2. The zero-order valence-corrected chi connectivity index (χ0v) is 14.5. The lowest BCUT2D eigenvalue weighted by Gasteiger charge is -2.33. The van der Waals surface area contributed by atoms with Gasteiger partial charge in [-0.2, -0.15) is 0 Å². The number of carbonyl (C=O) groups excluding carboxylic acids is 1. The molecule has 0 spiro atoms. The summed E-state index contributed by atoms with van der Waals surface area (Å²) in [6.45, 7) is 3.60. The van der Waals surface area contributed by atoms with Gasteiger partial charge in [0.2, 0.25) is 5.91 Å². The monoisotopic (exact) mass is 328 g/mol. The van der Waals surface area contributed by atoms with Crippen LogP contribution >= 0.6 is 0 Å². The van der Waals surface area contributed by atoms with Crippen molar-refractivity contribution in [2.24, 2.45) is 5.92 Å². The zero-order valence-electron chi connectivity index (χ0n) is 14.5. The number of amides is 1. The number of hydrogen-bond donors (Lipinski definition) is 1. The summed E-state index contributed by atoms with van der Waals surface area (Å²) in [6.07, 6.45) is 11.0. The fraction of sp³-hybridized carbons (Fsp3) is 0.737. The number of fused-ring (bicyclic) bond motifs is 1. The maximum atomic E-state index is 12.6. The van der Waals surface area contributed by atoms with E-state index in [9.17, 15) is 4.79 Å². The minimum atomic E-state index is 0.312. The molecular weight excluding hydrogens is 300 g/mol. The Morgan fingerprint density at radius 2 is 2.12 bits per heavy atom. The molecule has 1 aromatic rings. The minimum Gasteiger partial charge on any atom is -0.342 e. The standard InChI is InChI=1S/C19H28N4O/c24-18(10-14-4-1-2-5-14)23-9-3-6-15(13-23)19-21-12-16-11-20-8-7-17(16)22-19/h12,14-15,20H,1-11,13H2/t15-/m0/s1. The van der Waals surface area contributed by atoms with Crippen LogP contribution in [0, 0.1) is 5.92 Å². The van der Waals surface area contributed by atoms with Crippen molar-refractivity contribution in [3.05, 3.63) is 23.3 Å². The summed E-state index contributed by atoms with van der Waals surface area (Å²) in [6, 6.07) is 0. The summed E-state index contributed by atoms with van der Waals surface area (Å²) in [7, 11) is 0. The van der Waals surface area contributed by atoms with Crippen molar-refractivity contribution in [1.29, 1.82) is 0 Å². The minimum absolute atomic E-state index is 0.312. The Balaban J connectivity index is 1.41. The summed E-state index contributed by atoms with van der Waals surface area (Å²) in [4.78, 5) is 24.2. The highest BCUT2D eigenvalue weighted by molar-refractivity contribution is 5.76. The van der Waals surface area contributed by atoms with Crippen molar-refractivity contribution in [3.63, 3.8) is 0 Å². The number of nitrogens with zero attached hydrogens (tertiary/aromatic N) is 3. The lowest BCUT2D eigenvalue weighted by molar-refractivity contribution is -0.133. The van der Waals surface area contributed by atoms with E-state index in [-0.39, 0.29) is 0 Å². The fourth-order valence-corrected chi connectivity index (χ4v) is 4.45. The second-order valence-electron chi connectivity index (χ2n) is 7.66. The quantitative estimate of drug-likeness (QED) is 0.926. The van der Waals surface area contributed by atoms with E-state index in [2.05, 4.69) is 15.2 Å². The van der Waals surface area contributed by atoms with E-state index in [0.29, 0.717) is 17.7 Å². The van der Waals surface area contributed by atoms with Gasteiger partial charge < -0.3 is 10.2 Å². The molecule has 0 radical (unpaired) electrons. The van der Waals surface area contributed by atoms with Gasteiger partial charge in [0, 0.05) is 62.4 Å². The maximum absolute atomic E-state index is 12.6. The normalized spacial score (nSPS) is 24.8. The van der Waals surface area contributed by atoms with Gasteiger partial charge in [0.15, 0.2) is 0 Å². The molecule has 3 heterocycles. The van der Waals surface area contributed by atoms with Crippen LogP contribution in [0.25, 0.3) is 0 Å². The molecule has 2 aliphatic heterocycles. The molecule has 1 saturated carbocycles. The van der Waals surface area contributed by atoms with Crippen LogP contribution in [-0.4, -0.2) is 40.4 Å². The van der Waals surface area contributed by atoms with Gasteiger partial charge in [-0.3, -0.25) is 4.79 Å². The molecule has 1 aliphatic carbocycles. The Kier molecular flexibility index (Phi) is 4.79. The molecule has 1 amide bonds. The number of piperidine rings is 1. The maximum Gasteiger partial charge on any atom is 0.222 e. The largest absolute Gasteiger partial charge is 0.342 e. The van der Waals surface area contributed by atoms with Gasteiger partial charge in [0.1, 0.15) is 5.82 Å². The molecular formula is C19H28N4O. The van der Waals surface area contributed by atoms with Crippen LogP contribution in [0.4, 0.5) is 0 Å². The smallest absolute Gasteiger partial charge is 0.222 e. The van der Waals surface area contributed by atoms with Gasteiger partial charge in [-0.15, -0.1) is 0 Å². The van der Waals surface area contributed by atoms with Crippen LogP contribution < -0.4 is 5.32 Å². The van der Waals surface area contributed by atoms with Crippen molar-refractivity contribution in [2.75, 3.05) is 19.6 Å². The number of rotatable bonds is 3. The average Bonchev–Trinajstić information content (AvgIpc) is 3.14. The first-order valence-corrected chi connectivity index (χ1v) is 9.63. The SMILES string of the molecule is O=C(CC1CCCC1)N1CCC[C@H](c2ncc3c(n2)CCNC3)C1. The van der Waals surface area contributed by atoms with Gasteiger partial charge in [0.25, 0.3) is 0 Å². The summed E-state index contributed by atoms with van der Waals surface area (Å²) in [5.41, 5.74) is 2.43. The van der Waals surface area contributed by atoms with Gasteiger partial charge in [-0.25, -0.2) is 9.97 Å². The molecule has 4 rings (SSSR count). The zero-order chi connectivity index (χ0) is 16.4. The van der Waals surface area contributed by atoms with Crippen molar-refractivity contribution in [3.8, 4) is 0 Å². The van der Waals surface area contributed by atoms with Crippen LogP contribution in [-0.2, 0) is 17.8 Å². The van der Waals surface area contributed by atoms with E-state index in [1.165, 1.54) is 36.9 Å². The summed E-state index contributed by atoms with van der Waals surface area (Å²) < 4.78 is 0. The molecule has 1 aromatic heterocycles. The van der Waals surface area contributed by atoms with Crippen LogP contribution in [0.2, 0.25) is 0 Å². The Bertz CT molecular complexity index is 597. The van der Waals surface area contributed by atoms with Crippen molar-refractivity contribution < 1.29 is 4.79 Å². The van der Waals surface area contributed by atoms with Gasteiger partial charge in [0.05, 0.1) is 0 Å².